The van der Waals surface area contributed by atoms with Gasteiger partial charge in [0.25, 0.3) is 5.91 Å². The molecule has 0 saturated carbocycles. The van der Waals surface area contributed by atoms with Gasteiger partial charge in [-0.2, -0.15) is 0 Å². The average molecular weight is 679 g/mol. The zero-order valence-electron chi connectivity index (χ0n) is 29.8. The normalized spacial score (nSPS) is 11.4. The van der Waals surface area contributed by atoms with E-state index >= 15 is 0 Å². The summed E-state index contributed by atoms with van der Waals surface area (Å²) in [7, 11) is 7.25. The Balaban J connectivity index is 1.52. The molecule has 0 heterocycles. The fourth-order valence-electron chi connectivity index (χ4n) is 5.27. The lowest BCUT2D eigenvalue weighted by Gasteiger charge is -2.27. The lowest BCUT2D eigenvalue weighted by molar-refractivity contribution is -0.121. The van der Waals surface area contributed by atoms with E-state index in [1.165, 1.54) is 14.7 Å². The van der Waals surface area contributed by atoms with Crippen LogP contribution in [0.25, 0.3) is 0 Å². The van der Waals surface area contributed by atoms with Crippen LogP contribution in [-0.2, 0) is 14.4 Å². The standard InChI is InChI=1S/C39H46N6O5/c1-27-20-28(2)22-33(21-27)44(7)38(48)26-50-35-19-12-11-18-34(35)45(25-37(47)43(6)32-16-9-8-10-17-32)36(46)24-40-39(49)41-31-15-13-14-30(23-31)29(3)42(4)5/h8-23,29H,24-26H2,1-7H3,(H2,40,41,49). The largest absolute Gasteiger partial charge is 0.482 e. The fourth-order valence-corrected chi connectivity index (χ4v) is 5.27. The van der Waals surface area contributed by atoms with E-state index in [2.05, 4.69) is 22.5 Å². The van der Waals surface area contributed by atoms with Gasteiger partial charge in [0.1, 0.15) is 12.3 Å². The number of urea groups is 1. The van der Waals surface area contributed by atoms with Crippen LogP contribution < -0.4 is 30.1 Å². The molecule has 0 spiro atoms. The number of nitrogens with one attached hydrogen (secondary N) is 2. The van der Waals surface area contributed by atoms with Gasteiger partial charge in [0, 0.05) is 37.2 Å². The highest BCUT2D eigenvalue weighted by Crippen LogP contribution is 2.29. The second kappa shape index (κ2) is 17.1. The van der Waals surface area contributed by atoms with Crippen molar-refractivity contribution in [2.75, 3.05) is 67.9 Å². The summed E-state index contributed by atoms with van der Waals surface area (Å²) in [6.07, 6.45) is 0. The molecule has 0 saturated heterocycles. The molecule has 4 aromatic carbocycles. The third-order valence-corrected chi connectivity index (χ3v) is 8.39. The van der Waals surface area contributed by atoms with Crippen LogP contribution in [0.1, 0.15) is 29.7 Å². The van der Waals surface area contributed by atoms with Gasteiger partial charge in [-0.25, -0.2) is 4.79 Å². The summed E-state index contributed by atoms with van der Waals surface area (Å²) in [5.41, 5.74) is 5.32. The predicted octanol–water partition coefficient (Wildman–Crippen LogP) is 5.79. The second-order valence-electron chi connectivity index (χ2n) is 12.4. The molecule has 2 N–H and O–H groups in total. The topological polar surface area (TPSA) is 115 Å². The Morgan fingerprint density at radius 2 is 1.34 bits per heavy atom. The van der Waals surface area contributed by atoms with Crippen molar-refractivity contribution in [3.05, 3.63) is 114 Å². The summed E-state index contributed by atoms with van der Waals surface area (Å²) in [6.45, 7) is 4.91. The van der Waals surface area contributed by atoms with E-state index in [4.69, 9.17) is 4.74 Å². The average Bonchev–Trinajstić information content (AvgIpc) is 3.10. The second-order valence-corrected chi connectivity index (χ2v) is 12.4. The van der Waals surface area contributed by atoms with Gasteiger partial charge in [-0.05, 0) is 100 Å². The minimum absolute atomic E-state index is 0.131. The molecule has 0 aliphatic carbocycles. The number of para-hydroxylation sites is 3. The number of aryl methyl sites for hydroxylation is 2. The number of anilines is 4. The first kappa shape index (κ1) is 37.1. The van der Waals surface area contributed by atoms with E-state index in [0.29, 0.717) is 11.4 Å². The zero-order chi connectivity index (χ0) is 36.4. The van der Waals surface area contributed by atoms with Crippen LogP contribution in [0.3, 0.4) is 0 Å². The third kappa shape index (κ3) is 9.93. The zero-order valence-corrected chi connectivity index (χ0v) is 29.8. The molecule has 50 heavy (non-hydrogen) atoms. The number of benzene rings is 4. The number of hydrogen-bond acceptors (Lipinski definition) is 6. The van der Waals surface area contributed by atoms with Crippen molar-refractivity contribution in [3.8, 4) is 5.75 Å². The quantitative estimate of drug-likeness (QED) is 0.185. The Morgan fingerprint density at radius 3 is 2.02 bits per heavy atom. The van der Waals surface area contributed by atoms with Crippen molar-refractivity contribution in [1.29, 1.82) is 0 Å². The Hall–Kier alpha value is -5.68. The summed E-state index contributed by atoms with van der Waals surface area (Å²) in [5, 5.41) is 5.40. The lowest BCUT2D eigenvalue weighted by atomic mass is 10.1. The van der Waals surface area contributed by atoms with Gasteiger partial charge in [-0.15, -0.1) is 0 Å². The molecule has 4 aromatic rings. The maximum atomic E-state index is 13.8. The number of carbonyl (C=O) groups excluding carboxylic acids is 4. The lowest BCUT2D eigenvalue weighted by Crippen LogP contribution is -2.46. The molecule has 0 bridgehead atoms. The Labute approximate surface area is 294 Å². The van der Waals surface area contributed by atoms with Crippen molar-refractivity contribution in [2.45, 2.75) is 26.8 Å². The van der Waals surface area contributed by atoms with Crippen molar-refractivity contribution >= 4 is 46.5 Å². The van der Waals surface area contributed by atoms with Crippen LogP contribution in [0.4, 0.5) is 27.5 Å². The molecule has 11 heteroatoms. The minimum atomic E-state index is -0.578. The van der Waals surface area contributed by atoms with E-state index < -0.39 is 18.5 Å². The highest BCUT2D eigenvalue weighted by molar-refractivity contribution is 6.06. The predicted molar refractivity (Wildman–Crippen MR) is 199 cm³/mol. The van der Waals surface area contributed by atoms with Crippen molar-refractivity contribution in [1.82, 2.24) is 10.2 Å². The van der Waals surface area contributed by atoms with Gasteiger partial charge >= 0.3 is 6.03 Å². The molecule has 1 unspecified atom stereocenters. The summed E-state index contributed by atoms with van der Waals surface area (Å²) < 4.78 is 6.00. The molecule has 0 radical (unpaired) electrons. The van der Waals surface area contributed by atoms with Gasteiger partial charge in [0.05, 0.1) is 12.2 Å². The number of likely N-dealkylation sites (N-methyl/N-ethyl adjacent to an activating group) is 2. The Kier molecular flexibility index (Phi) is 12.7. The molecule has 1 atom stereocenters. The van der Waals surface area contributed by atoms with Crippen LogP contribution in [0.5, 0.6) is 5.75 Å². The Morgan fingerprint density at radius 1 is 0.700 bits per heavy atom. The van der Waals surface area contributed by atoms with Gasteiger partial charge in [-0.1, -0.05) is 48.5 Å². The number of nitrogens with zero attached hydrogens (tertiary/aromatic N) is 4. The highest BCUT2D eigenvalue weighted by Gasteiger charge is 2.25. The molecular weight excluding hydrogens is 632 g/mol. The van der Waals surface area contributed by atoms with Gasteiger partial charge < -0.3 is 30.1 Å². The van der Waals surface area contributed by atoms with E-state index in [-0.39, 0.29) is 42.4 Å². The maximum Gasteiger partial charge on any atom is 0.319 e. The molecule has 0 aromatic heterocycles. The van der Waals surface area contributed by atoms with Crippen molar-refractivity contribution < 1.29 is 23.9 Å². The molecule has 262 valence electrons. The summed E-state index contributed by atoms with van der Waals surface area (Å²) in [5.74, 6) is -1.000. The van der Waals surface area contributed by atoms with E-state index in [1.807, 2.05) is 82.5 Å². The number of rotatable bonds is 13. The monoisotopic (exact) mass is 678 g/mol. The molecule has 0 aliphatic heterocycles. The number of hydrogen-bond donors (Lipinski definition) is 2. The first-order valence-corrected chi connectivity index (χ1v) is 16.3. The molecule has 5 amide bonds. The maximum absolute atomic E-state index is 13.8. The van der Waals surface area contributed by atoms with Crippen molar-refractivity contribution in [3.63, 3.8) is 0 Å². The first-order valence-electron chi connectivity index (χ1n) is 16.3. The van der Waals surface area contributed by atoms with E-state index in [9.17, 15) is 19.2 Å². The SMILES string of the molecule is Cc1cc(C)cc(N(C)C(=O)COc2ccccc2N(CC(=O)N(C)c2ccccc2)C(=O)CNC(=O)Nc2cccc(C(C)N(C)C)c2)c1. The highest BCUT2D eigenvalue weighted by atomic mass is 16.5. The van der Waals surface area contributed by atoms with Crippen LogP contribution in [-0.4, -0.2) is 76.5 Å². The molecular formula is C39H46N6O5. The molecule has 0 fully saturated rings. The third-order valence-electron chi connectivity index (χ3n) is 8.39. The number of ether oxygens (including phenoxy) is 1. The minimum Gasteiger partial charge on any atom is -0.482 e. The smallest absolute Gasteiger partial charge is 0.319 e. The number of amides is 5. The van der Waals surface area contributed by atoms with Crippen LogP contribution in [0, 0.1) is 13.8 Å². The van der Waals surface area contributed by atoms with Gasteiger partial charge in [-0.3, -0.25) is 19.3 Å². The van der Waals surface area contributed by atoms with Gasteiger partial charge in [0.15, 0.2) is 6.61 Å². The summed E-state index contributed by atoms with van der Waals surface area (Å²) in [6, 6.07) is 28.6. The van der Waals surface area contributed by atoms with E-state index in [0.717, 1.165) is 22.4 Å². The fraction of sp³-hybridized carbons (Fsp3) is 0.282. The van der Waals surface area contributed by atoms with Crippen LogP contribution in [0.15, 0.2) is 97.1 Å². The summed E-state index contributed by atoms with van der Waals surface area (Å²) in [4.78, 5) is 59.8. The van der Waals surface area contributed by atoms with Crippen LogP contribution >= 0.6 is 0 Å². The number of carbonyl (C=O) groups is 4. The first-order chi connectivity index (χ1) is 23.8. The summed E-state index contributed by atoms with van der Waals surface area (Å²) >= 11 is 0. The van der Waals surface area contributed by atoms with E-state index in [1.54, 1.807) is 56.6 Å². The molecule has 4 rings (SSSR count). The molecule has 0 aliphatic rings. The molecule has 11 nitrogen and oxygen atoms in total. The van der Waals surface area contributed by atoms with Crippen LogP contribution in [0.2, 0.25) is 0 Å². The van der Waals surface area contributed by atoms with Gasteiger partial charge in [0.2, 0.25) is 11.8 Å². The Bertz CT molecular complexity index is 1790. The van der Waals surface area contributed by atoms with Crippen molar-refractivity contribution in [2.24, 2.45) is 0 Å².